The van der Waals surface area contributed by atoms with Crippen LogP contribution in [0.25, 0.3) is 21.3 Å². The molecule has 0 bridgehead atoms. The van der Waals surface area contributed by atoms with Crippen LogP contribution >= 0.6 is 22.7 Å². The Morgan fingerprint density at radius 1 is 1.20 bits per heavy atom. The molecule has 182 valence electrons. The first kappa shape index (κ1) is 23.6. The van der Waals surface area contributed by atoms with Crippen molar-refractivity contribution in [2.24, 2.45) is 7.05 Å². The lowest BCUT2D eigenvalue weighted by atomic mass is 10.0. The largest absolute Gasteiger partial charge is 0.497 e. The van der Waals surface area contributed by atoms with E-state index in [2.05, 4.69) is 39.4 Å². The summed E-state index contributed by atoms with van der Waals surface area (Å²) in [6, 6.07) is 6.09. The number of anilines is 1. The molecule has 1 unspecified atom stereocenters. The van der Waals surface area contributed by atoms with E-state index in [1.807, 2.05) is 6.07 Å². The molecule has 0 spiro atoms. The fourth-order valence-electron chi connectivity index (χ4n) is 4.02. The number of fused-ring (bicyclic) bond motifs is 3. The Morgan fingerprint density at radius 2 is 2.03 bits per heavy atom. The highest BCUT2D eigenvalue weighted by Crippen LogP contribution is 2.32. The standard InChI is InChI=1S/C23H24N6O3S3/c1-5-13-8-15(32-3)7-6-14(13)9-24-22-25-10-16(33-22)12-29-21(30)18-17(11-26-29)19-20(28(18)2)27-23(34-19)35(4)31/h6-8,10-11H,5,9,12H2,1-4H3,(H,24,25). The maximum absolute atomic E-state index is 13.2. The van der Waals surface area contributed by atoms with Crippen LogP contribution in [0, 0.1) is 0 Å². The molecule has 0 aliphatic heterocycles. The summed E-state index contributed by atoms with van der Waals surface area (Å²) >= 11 is 2.84. The molecule has 35 heavy (non-hydrogen) atoms. The van der Waals surface area contributed by atoms with Gasteiger partial charge in [0.2, 0.25) is 0 Å². The molecule has 0 aliphatic rings. The molecule has 9 nitrogen and oxygen atoms in total. The summed E-state index contributed by atoms with van der Waals surface area (Å²) in [5.41, 5.74) is 3.42. The average Bonchev–Trinajstić information content (AvgIpc) is 3.56. The number of hydrogen-bond acceptors (Lipinski definition) is 9. The van der Waals surface area contributed by atoms with Gasteiger partial charge in [-0.25, -0.2) is 14.6 Å². The van der Waals surface area contributed by atoms with Crippen molar-refractivity contribution >= 4 is 59.9 Å². The molecular weight excluding hydrogens is 504 g/mol. The summed E-state index contributed by atoms with van der Waals surface area (Å²) in [5.74, 6) is 0.853. The molecule has 12 heteroatoms. The number of benzene rings is 1. The minimum absolute atomic E-state index is 0.192. The van der Waals surface area contributed by atoms with Crippen LogP contribution in [0.4, 0.5) is 5.13 Å². The van der Waals surface area contributed by atoms with Crippen molar-refractivity contribution in [3.63, 3.8) is 0 Å². The molecule has 5 aromatic rings. The second kappa shape index (κ2) is 9.51. The van der Waals surface area contributed by atoms with Crippen molar-refractivity contribution in [3.8, 4) is 5.75 Å². The molecule has 1 aromatic carbocycles. The summed E-state index contributed by atoms with van der Waals surface area (Å²) in [5, 5.41) is 9.31. The van der Waals surface area contributed by atoms with Crippen LogP contribution in [0.2, 0.25) is 0 Å². The molecule has 0 saturated carbocycles. The molecule has 0 fully saturated rings. The van der Waals surface area contributed by atoms with Gasteiger partial charge in [0.25, 0.3) is 5.56 Å². The minimum atomic E-state index is -1.17. The summed E-state index contributed by atoms with van der Waals surface area (Å²) < 4.78 is 21.7. The molecule has 4 aromatic heterocycles. The first-order valence-electron chi connectivity index (χ1n) is 10.9. The number of nitrogens with zero attached hydrogens (tertiary/aromatic N) is 5. The Hall–Kier alpha value is -3.09. The van der Waals surface area contributed by atoms with E-state index in [1.165, 1.54) is 38.5 Å². The normalized spacial score (nSPS) is 12.5. The third kappa shape index (κ3) is 4.37. The van der Waals surface area contributed by atoms with Crippen LogP contribution in [-0.4, -0.2) is 41.9 Å². The first-order chi connectivity index (χ1) is 16.9. The summed E-state index contributed by atoms with van der Waals surface area (Å²) in [6.45, 7) is 3.10. The Balaban J connectivity index is 1.36. The lowest BCUT2D eigenvalue weighted by molar-refractivity contribution is 0.414. The number of ether oxygens (including phenoxy) is 1. The lowest BCUT2D eigenvalue weighted by Crippen LogP contribution is -2.24. The monoisotopic (exact) mass is 528 g/mol. The summed E-state index contributed by atoms with van der Waals surface area (Å²) in [4.78, 5) is 23.1. The zero-order valence-electron chi connectivity index (χ0n) is 19.7. The third-order valence-electron chi connectivity index (χ3n) is 5.84. The summed E-state index contributed by atoms with van der Waals surface area (Å²) in [7, 11) is 2.30. The van der Waals surface area contributed by atoms with Gasteiger partial charge in [0.05, 0.1) is 35.4 Å². The van der Waals surface area contributed by atoms with Gasteiger partial charge in [0.15, 0.2) is 15.1 Å². The van der Waals surface area contributed by atoms with Crippen LogP contribution in [-0.2, 0) is 37.4 Å². The van der Waals surface area contributed by atoms with Gasteiger partial charge in [-0.15, -0.1) is 22.7 Å². The van der Waals surface area contributed by atoms with Gasteiger partial charge in [0.1, 0.15) is 11.3 Å². The summed E-state index contributed by atoms with van der Waals surface area (Å²) in [6.07, 6.45) is 5.98. The van der Waals surface area contributed by atoms with Crippen molar-refractivity contribution in [1.29, 1.82) is 0 Å². The molecule has 0 saturated heterocycles. The highest BCUT2D eigenvalue weighted by atomic mass is 32.2. The van der Waals surface area contributed by atoms with Crippen LogP contribution < -0.4 is 15.6 Å². The van der Waals surface area contributed by atoms with Crippen LogP contribution in [0.1, 0.15) is 22.9 Å². The van der Waals surface area contributed by atoms with Gasteiger partial charge < -0.3 is 14.6 Å². The maximum Gasteiger partial charge on any atom is 0.291 e. The Kier molecular flexibility index (Phi) is 6.43. The molecule has 4 heterocycles. The maximum atomic E-state index is 13.2. The van der Waals surface area contributed by atoms with E-state index in [9.17, 15) is 9.00 Å². The number of thiazole rings is 2. The fourth-order valence-corrected chi connectivity index (χ4v) is 6.58. The SMILES string of the molecule is CCc1cc(OC)ccc1CNc1ncc(Cn2ncc3c4sc(S(C)=O)nc4n(C)c3c2=O)s1. The van der Waals surface area contributed by atoms with E-state index in [0.29, 0.717) is 28.6 Å². The molecule has 0 aliphatic carbocycles. The Morgan fingerprint density at radius 3 is 2.77 bits per heavy atom. The van der Waals surface area contributed by atoms with Gasteiger partial charge in [-0.05, 0) is 29.7 Å². The van der Waals surface area contributed by atoms with Crippen molar-refractivity contribution in [2.75, 3.05) is 18.7 Å². The molecular formula is C23H24N6O3S3. The van der Waals surface area contributed by atoms with Gasteiger partial charge in [-0.1, -0.05) is 13.0 Å². The minimum Gasteiger partial charge on any atom is -0.497 e. The van der Waals surface area contributed by atoms with Gasteiger partial charge in [-0.2, -0.15) is 5.10 Å². The highest BCUT2D eigenvalue weighted by molar-refractivity contribution is 7.86. The second-order valence-corrected chi connectivity index (χ2v) is 11.7. The topological polar surface area (TPSA) is 104 Å². The van der Waals surface area contributed by atoms with E-state index in [4.69, 9.17) is 4.74 Å². The zero-order chi connectivity index (χ0) is 24.7. The van der Waals surface area contributed by atoms with Crippen LogP contribution in [0.5, 0.6) is 5.75 Å². The lowest BCUT2D eigenvalue weighted by Gasteiger charge is -2.10. The van der Waals surface area contributed by atoms with E-state index in [1.54, 1.807) is 37.4 Å². The third-order valence-corrected chi connectivity index (χ3v) is 9.18. The van der Waals surface area contributed by atoms with Crippen LogP contribution in [0.15, 0.2) is 39.7 Å². The highest BCUT2D eigenvalue weighted by Gasteiger charge is 2.19. The molecule has 5 rings (SSSR count). The fraction of sp³-hybridized carbons (Fsp3) is 0.304. The van der Waals surface area contributed by atoms with Crippen molar-refractivity contribution in [1.82, 2.24) is 24.3 Å². The first-order valence-corrected chi connectivity index (χ1v) is 14.1. The predicted octanol–water partition coefficient (Wildman–Crippen LogP) is 3.77. The van der Waals surface area contributed by atoms with E-state index in [0.717, 1.165) is 32.3 Å². The Labute approximate surface area is 211 Å². The van der Waals surface area contributed by atoms with Gasteiger partial charge >= 0.3 is 0 Å². The Bertz CT molecular complexity index is 1630. The molecule has 1 atom stereocenters. The number of hydrogen-bond donors (Lipinski definition) is 1. The predicted molar refractivity (Wildman–Crippen MR) is 141 cm³/mol. The van der Waals surface area contributed by atoms with Crippen LogP contribution in [0.3, 0.4) is 0 Å². The molecule has 0 radical (unpaired) electrons. The van der Waals surface area contributed by atoms with Crippen molar-refractivity contribution in [2.45, 2.75) is 30.8 Å². The second-order valence-electron chi connectivity index (χ2n) is 7.99. The molecule has 0 amide bonds. The zero-order valence-corrected chi connectivity index (χ0v) is 22.1. The smallest absolute Gasteiger partial charge is 0.291 e. The van der Waals surface area contributed by atoms with E-state index >= 15 is 0 Å². The molecule has 1 N–H and O–H groups in total. The number of aromatic nitrogens is 5. The van der Waals surface area contributed by atoms with E-state index < -0.39 is 10.8 Å². The number of rotatable bonds is 8. The number of nitrogens with one attached hydrogen (secondary N) is 1. The number of aryl methyl sites for hydroxylation is 2. The van der Waals surface area contributed by atoms with Gasteiger partial charge in [0, 0.05) is 36.3 Å². The van der Waals surface area contributed by atoms with Crippen molar-refractivity contribution in [3.05, 3.63) is 57.0 Å². The van der Waals surface area contributed by atoms with Gasteiger partial charge in [-0.3, -0.25) is 9.00 Å². The quantitative estimate of drug-likeness (QED) is 0.327. The average molecular weight is 529 g/mol. The van der Waals surface area contributed by atoms with Crippen molar-refractivity contribution < 1.29 is 8.95 Å². The van der Waals surface area contributed by atoms with E-state index in [-0.39, 0.29) is 5.56 Å². The number of methoxy groups -OCH3 is 1.